The largest absolute Gasteiger partial charge is 0.280 e. The average molecular weight is 383 g/mol. The normalized spacial score (nSPS) is 12.4. The van der Waals surface area contributed by atoms with Crippen molar-refractivity contribution in [2.45, 2.75) is 16.7 Å². The van der Waals surface area contributed by atoms with E-state index in [4.69, 9.17) is 5.14 Å². The number of primary sulfonamides is 1. The van der Waals surface area contributed by atoms with Gasteiger partial charge in [0.25, 0.3) is 10.0 Å². The smallest absolute Gasteiger partial charge is 0.261 e. The lowest BCUT2D eigenvalue weighted by atomic mass is 10.3. The van der Waals surface area contributed by atoms with E-state index in [0.29, 0.717) is 5.69 Å². The zero-order valence-corrected chi connectivity index (χ0v) is 14.9. The number of aromatic nitrogens is 1. The Kier molecular flexibility index (Phi) is 4.08. The van der Waals surface area contributed by atoms with Gasteiger partial charge in [-0.3, -0.25) is 4.72 Å². The molecule has 3 N–H and O–H groups in total. The zero-order valence-electron chi connectivity index (χ0n) is 12.4. The molecule has 0 aliphatic carbocycles. The van der Waals surface area contributed by atoms with Crippen LogP contribution in [0.2, 0.25) is 0 Å². The van der Waals surface area contributed by atoms with Crippen LogP contribution in [-0.4, -0.2) is 21.8 Å². The third-order valence-corrected chi connectivity index (χ3v) is 6.42. The number of rotatable bonds is 4. The number of nitrogens with two attached hydrogens (primary N) is 1. The lowest BCUT2D eigenvalue weighted by Crippen LogP contribution is -2.16. The summed E-state index contributed by atoms with van der Waals surface area (Å²) in [4.78, 5) is 3.86. The molecule has 0 saturated heterocycles. The molecule has 1 heterocycles. The van der Waals surface area contributed by atoms with Gasteiger partial charge in [-0.15, -0.1) is 11.3 Å². The summed E-state index contributed by atoms with van der Waals surface area (Å²) >= 11 is 1.45. The summed E-state index contributed by atoms with van der Waals surface area (Å²) in [5, 5.41) is 5.92. The first kappa shape index (κ1) is 16.8. The van der Waals surface area contributed by atoms with Crippen LogP contribution in [0.3, 0.4) is 0 Å². The van der Waals surface area contributed by atoms with Gasteiger partial charge in [-0.25, -0.2) is 27.0 Å². The molecular weight excluding hydrogens is 370 g/mol. The van der Waals surface area contributed by atoms with Crippen molar-refractivity contribution in [3.05, 3.63) is 47.5 Å². The van der Waals surface area contributed by atoms with Gasteiger partial charge in [0.15, 0.2) is 0 Å². The summed E-state index contributed by atoms with van der Waals surface area (Å²) in [6.07, 6.45) is 0. The van der Waals surface area contributed by atoms with Crippen molar-refractivity contribution >= 4 is 47.3 Å². The van der Waals surface area contributed by atoms with Crippen molar-refractivity contribution in [2.75, 3.05) is 4.72 Å². The van der Waals surface area contributed by atoms with Crippen LogP contribution in [0.5, 0.6) is 0 Å². The monoisotopic (exact) mass is 383 g/mol. The second-order valence-electron chi connectivity index (χ2n) is 5.04. The molecule has 0 saturated carbocycles. The number of thiazole rings is 1. The van der Waals surface area contributed by atoms with E-state index in [1.165, 1.54) is 29.5 Å². The molecule has 10 heteroatoms. The molecule has 0 atom stereocenters. The molecule has 3 aromatic rings. The summed E-state index contributed by atoms with van der Waals surface area (Å²) < 4.78 is 51.0. The van der Waals surface area contributed by atoms with Crippen molar-refractivity contribution < 1.29 is 16.8 Å². The number of nitrogens with zero attached hydrogens (tertiary/aromatic N) is 1. The lowest BCUT2D eigenvalue weighted by molar-refractivity contribution is 0.597. The Morgan fingerprint density at radius 3 is 2.46 bits per heavy atom. The van der Waals surface area contributed by atoms with Gasteiger partial charge in [0.1, 0.15) is 0 Å². The Labute approximate surface area is 143 Å². The Morgan fingerprint density at radius 2 is 1.75 bits per heavy atom. The highest BCUT2D eigenvalue weighted by Crippen LogP contribution is 2.26. The van der Waals surface area contributed by atoms with Crippen molar-refractivity contribution in [1.29, 1.82) is 0 Å². The van der Waals surface area contributed by atoms with E-state index in [1.807, 2.05) is 6.92 Å². The number of sulfonamides is 2. The number of nitrogens with one attached hydrogen (secondary N) is 1. The van der Waals surface area contributed by atoms with E-state index in [2.05, 4.69) is 9.71 Å². The standard InChI is InChI=1S/C14H13N3O4S3/c1-9-16-13-6-5-10(7-14(13)22-9)17-24(20,21)12-4-2-3-11(8-12)23(15,18)19/h2-8,17H,1H3,(H2,15,18,19). The highest BCUT2D eigenvalue weighted by atomic mass is 32.2. The molecule has 2 aromatic carbocycles. The zero-order chi connectivity index (χ0) is 17.5. The van der Waals surface area contributed by atoms with Crippen molar-refractivity contribution in [2.24, 2.45) is 5.14 Å². The fourth-order valence-corrected chi connectivity index (χ4v) is 4.73. The number of fused-ring (bicyclic) bond motifs is 1. The molecule has 0 spiro atoms. The summed E-state index contributed by atoms with van der Waals surface area (Å²) in [5.74, 6) is 0. The Balaban J connectivity index is 1.98. The molecule has 0 radical (unpaired) electrons. The van der Waals surface area contributed by atoms with E-state index in [1.54, 1.807) is 18.2 Å². The van der Waals surface area contributed by atoms with Gasteiger partial charge < -0.3 is 0 Å². The average Bonchev–Trinajstić information content (AvgIpc) is 2.85. The predicted octanol–water partition coefficient (Wildman–Crippen LogP) is 2.05. The Morgan fingerprint density at radius 1 is 1.04 bits per heavy atom. The first-order valence-corrected chi connectivity index (χ1v) is 10.5. The van der Waals surface area contributed by atoms with Gasteiger partial charge in [0, 0.05) is 0 Å². The molecule has 24 heavy (non-hydrogen) atoms. The van der Waals surface area contributed by atoms with Crippen LogP contribution in [0, 0.1) is 6.92 Å². The summed E-state index contributed by atoms with van der Waals surface area (Å²) in [7, 11) is -7.93. The maximum atomic E-state index is 12.5. The molecule has 0 unspecified atom stereocenters. The van der Waals surface area contributed by atoms with Gasteiger partial charge in [-0.1, -0.05) is 6.07 Å². The minimum atomic E-state index is -3.98. The summed E-state index contributed by atoms with van der Waals surface area (Å²) in [6, 6.07) is 9.88. The first-order chi connectivity index (χ1) is 11.1. The SMILES string of the molecule is Cc1nc2ccc(NS(=O)(=O)c3cccc(S(N)(=O)=O)c3)cc2s1. The molecular formula is C14H13N3O4S3. The highest BCUT2D eigenvalue weighted by molar-refractivity contribution is 7.93. The van der Waals surface area contributed by atoms with Crippen molar-refractivity contribution in [3.8, 4) is 0 Å². The molecule has 0 fully saturated rings. The molecule has 0 aliphatic heterocycles. The number of hydrogen-bond donors (Lipinski definition) is 2. The predicted molar refractivity (Wildman–Crippen MR) is 93.0 cm³/mol. The maximum Gasteiger partial charge on any atom is 0.261 e. The fourth-order valence-electron chi connectivity index (χ4n) is 2.14. The molecule has 7 nitrogen and oxygen atoms in total. The quantitative estimate of drug-likeness (QED) is 0.714. The minimum absolute atomic E-state index is 0.186. The Bertz CT molecular complexity index is 1140. The van der Waals surface area contributed by atoms with Crippen molar-refractivity contribution in [3.63, 3.8) is 0 Å². The number of hydrogen-bond acceptors (Lipinski definition) is 6. The molecule has 0 amide bonds. The Hall–Kier alpha value is -2.01. The number of benzene rings is 2. The maximum absolute atomic E-state index is 12.5. The van der Waals surface area contributed by atoms with Crippen molar-refractivity contribution in [1.82, 2.24) is 4.98 Å². The molecule has 0 bridgehead atoms. The number of anilines is 1. The van der Waals surface area contributed by atoms with E-state index >= 15 is 0 Å². The van der Waals surface area contributed by atoms with Crippen LogP contribution in [0.15, 0.2) is 52.3 Å². The van der Waals surface area contributed by atoms with E-state index in [9.17, 15) is 16.8 Å². The highest BCUT2D eigenvalue weighted by Gasteiger charge is 2.18. The number of aryl methyl sites for hydroxylation is 1. The van der Waals surface area contributed by atoms with Gasteiger partial charge >= 0.3 is 0 Å². The van der Waals surface area contributed by atoms with Crippen LogP contribution in [-0.2, 0) is 20.0 Å². The lowest BCUT2D eigenvalue weighted by Gasteiger charge is -2.09. The van der Waals surface area contributed by atoms with Gasteiger partial charge in [0.05, 0.1) is 30.7 Å². The molecule has 126 valence electrons. The summed E-state index contributed by atoms with van der Waals surface area (Å²) in [5.41, 5.74) is 1.16. The van der Waals surface area contributed by atoms with E-state index in [-0.39, 0.29) is 9.79 Å². The molecule has 3 rings (SSSR count). The van der Waals surface area contributed by atoms with Gasteiger partial charge in [-0.05, 0) is 43.3 Å². The third-order valence-electron chi connectivity index (χ3n) is 3.19. The minimum Gasteiger partial charge on any atom is -0.280 e. The van der Waals surface area contributed by atoms with Gasteiger partial charge in [0.2, 0.25) is 10.0 Å². The fraction of sp³-hybridized carbons (Fsp3) is 0.0714. The summed E-state index contributed by atoms with van der Waals surface area (Å²) in [6.45, 7) is 1.87. The van der Waals surface area contributed by atoms with E-state index in [0.717, 1.165) is 21.3 Å². The van der Waals surface area contributed by atoms with Crippen LogP contribution >= 0.6 is 11.3 Å². The molecule has 0 aliphatic rings. The van der Waals surface area contributed by atoms with Crippen LogP contribution in [0.1, 0.15) is 5.01 Å². The first-order valence-electron chi connectivity index (χ1n) is 6.68. The second-order valence-corrected chi connectivity index (χ2v) is 9.52. The van der Waals surface area contributed by atoms with Crippen LogP contribution < -0.4 is 9.86 Å². The topological polar surface area (TPSA) is 119 Å². The van der Waals surface area contributed by atoms with Crippen LogP contribution in [0.4, 0.5) is 5.69 Å². The molecule has 1 aromatic heterocycles. The van der Waals surface area contributed by atoms with Crippen LogP contribution in [0.25, 0.3) is 10.2 Å². The third kappa shape index (κ3) is 3.41. The van der Waals surface area contributed by atoms with E-state index < -0.39 is 20.0 Å². The van der Waals surface area contributed by atoms with Gasteiger partial charge in [-0.2, -0.15) is 0 Å². The second kappa shape index (κ2) is 5.81.